The molecule has 3 fully saturated rings. The van der Waals surface area contributed by atoms with Gasteiger partial charge in [-0.2, -0.15) is 0 Å². The molecule has 34 heavy (non-hydrogen) atoms. The van der Waals surface area contributed by atoms with Gasteiger partial charge in [-0.3, -0.25) is 0 Å². The highest BCUT2D eigenvalue weighted by Gasteiger charge is 2.37. The van der Waals surface area contributed by atoms with E-state index in [1.54, 1.807) is 18.3 Å². The fraction of sp³-hybridized carbons (Fsp3) is 0.462. The van der Waals surface area contributed by atoms with Crippen LogP contribution in [0.25, 0.3) is 22.2 Å². The Balaban J connectivity index is 1.38. The van der Waals surface area contributed by atoms with Crippen molar-refractivity contribution in [3.63, 3.8) is 0 Å². The molecule has 2 aromatic heterocycles. The van der Waals surface area contributed by atoms with Gasteiger partial charge in [0.1, 0.15) is 6.10 Å². The standard InChI is InChI=1S/C26H30FN5O2/c1-31-6-5-17-14-32(15-18(17)13-31)24-8-22(30-23-9-25(33-2)21(27)7-20(23)24)16-3-4-26(29-10-16)34-19-11-28-12-19/h3-4,7-10,17-19,28H,5-6,11-15H2,1-2H3. The summed E-state index contributed by atoms with van der Waals surface area (Å²) in [7, 11) is 3.68. The number of rotatable bonds is 5. The molecule has 178 valence electrons. The smallest absolute Gasteiger partial charge is 0.213 e. The first kappa shape index (κ1) is 21.6. The van der Waals surface area contributed by atoms with E-state index >= 15 is 0 Å². The summed E-state index contributed by atoms with van der Waals surface area (Å²) in [6, 6.07) is 9.23. The molecule has 6 rings (SSSR count). The Morgan fingerprint density at radius 1 is 1.09 bits per heavy atom. The zero-order valence-corrected chi connectivity index (χ0v) is 19.6. The van der Waals surface area contributed by atoms with Crippen LogP contribution in [0.1, 0.15) is 6.42 Å². The van der Waals surface area contributed by atoms with E-state index in [0.29, 0.717) is 17.7 Å². The van der Waals surface area contributed by atoms with E-state index in [1.807, 2.05) is 12.1 Å². The van der Waals surface area contributed by atoms with Crippen LogP contribution in [0.2, 0.25) is 0 Å². The van der Waals surface area contributed by atoms with Crippen LogP contribution in [-0.2, 0) is 0 Å². The van der Waals surface area contributed by atoms with Crippen LogP contribution < -0.4 is 19.7 Å². The molecule has 0 amide bonds. The maximum absolute atomic E-state index is 14.7. The molecular formula is C26H30FN5O2. The van der Waals surface area contributed by atoms with E-state index in [9.17, 15) is 4.39 Å². The van der Waals surface area contributed by atoms with Gasteiger partial charge in [0.25, 0.3) is 0 Å². The average molecular weight is 464 g/mol. The Labute approximate surface area is 198 Å². The number of nitrogens with zero attached hydrogens (tertiary/aromatic N) is 4. The highest BCUT2D eigenvalue weighted by Crippen LogP contribution is 2.39. The Morgan fingerprint density at radius 3 is 2.68 bits per heavy atom. The minimum Gasteiger partial charge on any atom is -0.494 e. The molecule has 5 heterocycles. The third-order valence-corrected chi connectivity index (χ3v) is 7.47. The zero-order valence-electron chi connectivity index (χ0n) is 19.6. The normalized spacial score (nSPS) is 23.1. The van der Waals surface area contributed by atoms with Crippen LogP contribution in [-0.4, -0.2) is 74.4 Å². The number of piperidine rings is 1. The number of nitrogens with one attached hydrogen (secondary N) is 1. The molecule has 2 unspecified atom stereocenters. The van der Waals surface area contributed by atoms with Crippen molar-refractivity contribution in [1.82, 2.24) is 20.2 Å². The maximum Gasteiger partial charge on any atom is 0.213 e. The first-order valence-electron chi connectivity index (χ1n) is 12.0. The van der Waals surface area contributed by atoms with E-state index in [0.717, 1.165) is 67.1 Å². The first-order chi connectivity index (χ1) is 16.6. The van der Waals surface area contributed by atoms with Gasteiger partial charge < -0.3 is 24.6 Å². The largest absolute Gasteiger partial charge is 0.494 e. The fourth-order valence-corrected chi connectivity index (χ4v) is 5.44. The van der Waals surface area contributed by atoms with E-state index in [2.05, 4.69) is 33.2 Å². The molecular weight excluding hydrogens is 433 g/mol. The van der Waals surface area contributed by atoms with E-state index in [-0.39, 0.29) is 17.7 Å². The van der Waals surface area contributed by atoms with Crippen molar-refractivity contribution < 1.29 is 13.9 Å². The number of halogens is 1. The number of likely N-dealkylation sites (tertiary alicyclic amines) is 1. The molecule has 2 atom stereocenters. The molecule has 3 aromatic rings. The second-order valence-corrected chi connectivity index (χ2v) is 9.79. The quantitative estimate of drug-likeness (QED) is 0.624. The van der Waals surface area contributed by atoms with Gasteiger partial charge in [-0.05, 0) is 50.0 Å². The summed E-state index contributed by atoms with van der Waals surface area (Å²) in [5.41, 5.74) is 3.47. The number of methoxy groups -OCH3 is 1. The molecule has 1 N–H and O–H groups in total. The van der Waals surface area contributed by atoms with E-state index in [1.165, 1.54) is 13.5 Å². The number of pyridine rings is 2. The van der Waals surface area contributed by atoms with Crippen LogP contribution in [0, 0.1) is 17.7 Å². The van der Waals surface area contributed by atoms with Gasteiger partial charge >= 0.3 is 0 Å². The number of benzene rings is 1. The van der Waals surface area contributed by atoms with Crippen LogP contribution in [0.5, 0.6) is 11.6 Å². The summed E-state index contributed by atoms with van der Waals surface area (Å²) in [5, 5.41) is 4.01. The molecule has 3 saturated heterocycles. The van der Waals surface area contributed by atoms with Crippen molar-refractivity contribution in [2.75, 3.05) is 58.3 Å². The summed E-state index contributed by atoms with van der Waals surface area (Å²) >= 11 is 0. The molecule has 0 saturated carbocycles. The van der Waals surface area contributed by atoms with Gasteiger partial charge in [0.05, 0.1) is 18.3 Å². The number of fused-ring (bicyclic) bond motifs is 2. The summed E-state index contributed by atoms with van der Waals surface area (Å²) in [6.07, 6.45) is 3.19. The Kier molecular flexibility index (Phi) is 5.50. The number of aromatic nitrogens is 2. The highest BCUT2D eigenvalue weighted by molar-refractivity contribution is 5.95. The van der Waals surface area contributed by atoms with Crippen molar-refractivity contribution in [1.29, 1.82) is 0 Å². The van der Waals surface area contributed by atoms with Gasteiger partial charge in [-0.1, -0.05) is 0 Å². The van der Waals surface area contributed by atoms with Gasteiger partial charge in [-0.25, -0.2) is 14.4 Å². The lowest BCUT2D eigenvalue weighted by Crippen LogP contribution is -2.50. The molecule has 0 spiro atoms. The molecule has 8 heteroatoms. The minimum absolute atomic E-state index is 0.184. The van der Waals surface area contributed by atoms with Gasteiger partial charge in [0, 0.05) is 67.7 Å². The van der Waals surface area contributed by atoms with Crippen molar-refractivity contribution in [2.24, 2.45) is 11.8 Å². The van der Waals surface area contributed by atoms with Gasteiger partial charge in [0.15, 0.2) is 11.6 Å². The summed E-state index contributed by atoms with van der Waals surface area (Å²) in [4.78, 5) is 14.2. The summed E-state index contributed by atoms with van der Waals surface area (Å²) < 4.78 is 25.8. The van der Waals surface area contributed by atoms with Crippen LogP contribution in [0.4, 0.5) is 10.1 Å². The van der Waals surface area contributed by atoms with Crippen molar-refractivity contribution in [2.45, 2.75) is 12.5 Å². The molecule has 3 aliphatic heterocycles. The molecule has 0 bridgehead atoms. The third-order valence-electron chi connectivity index (χ3n) is 7.47. The molecule has 0 aliphatic carbocycles. The van der Waals surface area contributed by atoms with Gasteiger partial charge in [-0.15, -0.1) is 0 Å². The lowest BCUT2D eigenvalue weighted by molar-refractivity contribution is 0.136. The number of anilines is 1. The topological polar surface area (TPSA) is 62.8 Å². The summed E-state index contributed by atoms with van der Waals surface area (Å²) in [5.74, 6) is 1.76. The Hall–Kier alpha value is -2.97. The first-order valence-corrected chi connectivity index (χ1v) is 12.0. The predicted molar refractivity (Wildman–Crippen MR) is 130 cm³/mol. The minimum atomic E-state index is -0.365. The van der Waals surface area contributed by atoms with Crippen LogP contribution in [0.3, 0.4) is 0 Å². The van der Waals surface area contributed by atoms with E-state index < -0.39 is 0 Å². The maximum atomic E-state index is 14.7. The second kappa shape index (κ2) is 8.67. The molecule has 3 aliphatic rings. The number of hydrogen-bond acceptors (Lipinski definition) is 7. The number of hydrogen-bond donors (Lipinski definition) is 1. The van der Waals surface area contributed by atoms with E-state index in [4.69, 9.17) is 14.5 Å². The van der Waals surface area contributed by atoms with Crippen LogP contribution in [0.15, 0.2) is 36.5 Å². The molecule has 1 aromatic carbocycles. The third kappa shape index (κ3) is 3.95. The monoisotopic (exact) mass is 463 g/mol. The SMILES string of the molecule is COc1cc2nc(-c3ccc(OC4CNC4)nc3)cc(N3CC4CCN(C)CC4C3)c2cc1F. The average Bonchev–Trinajstić information content (AvgIpc) is 3.24. The van der Waals surface area contributed by atoms with Crippen molar-refractivity contribution in [3.05, 3.63) is 42.3 Å². The molecule has 0 radical (unpaired) electrons. The van der Waals surface area contributed by atoms with Crippen molar-refractivity contribution >= 4 is 16.6 Å². The van der Waals surface area contributed by atoms with Crippen molar-refractivity contribution in [3.8, 4) is 22.9 Å². The zero-order chi connectivity index (χ0) is 23.2. The lowest BCUT2D eigenvalue weighted by Gasteiger charge is -2.31. The molecule has 7 nitrogen and oxygen atoms in total. The van der Waals surface area contributed by atoms with Crippen LogP contribution >= 0.6 is 0 Å². The predicted octanol–water partition coefficient (Wildman–Crippen LogP) is 3.18. The summed E-state index contributed by atoms with van der Waals surface area (Å²) in [6.45, 7) is 5.92. The lowest BCUT2D eigenvalue weighted by atomic mass is 9.89. The second-order valence-electron chi connectivity index (χ2n) is 9.79. The Morgan fingerprint density at radius 2 is 1.94 bits per heavy atom. The fourth-order valence-electron chi connectivity index (χ4n) is 5.44. The number of ether oxygens (including phenoxy) is 2. The van der Waals surface area contributed by atoms with Gasteiger partial charge in [0.2, 0.25) is 5.88 Å². The Bertz CT molecular complexity index is 1200. The highest BCUT2D eigenvalue weighted by atomic mass is 19.1.